The summed E-state index contributed by atoms with van der Waals surface area (Å²) in [5.74, 6) is -0.518. The number of benzene rings is 1. The Morgan fingerprint density at radius 3 is 2.59 bits per heavy atom. The van der Waals surface area contributed by atoms with Gasteiger partial charge in [0.1, 0.15) is 5.82 Å². The van der Waals surface area contributed by atoms with E-state index in [9.17, 15) is 9.18 Å². The number of ether oxygens (including phenoxy) is 2. The molecule has 0 saturated carbocycles. The minimum absolute atomic E-state index is 0.101. The molecule has 17 heavy (non-hydrogen) atoms. The van der Waals surface area contributed by atoms with Crippen LogP contribution in [0.1, 0.15) is 18.4 Å². The molecule has 0 spiro atoms. The Balaban J connectivity index is 2.22. The quantitative estimate of drug-likeness (QED) is 0.878. The minimum Gasteiger partial charge on any atom is -0.490 e. The second-order valence-corrected chi connectivity index (χ2v) is 3.83. The molecule has 0 fully saturated rings. The molecule has 5 heteroatoms. The molecule has 0 unspecified atom stereocenters. The Hall–Kier alpha value is -1.78. The van der Waals surface area contributed by atoms with E-state index in [1.54, 1.807) is 0 Å². The summed E-state index contributed by atoms with van der Waals surface area (Å²) in [6, 6.07) is 2.79. The summed E-state index contributed by atoms with van der Waals surface area (Å²) < 4.78 is 24.4. The van der Waals surface area contributed by atoms with Gasteiger partial charge in [0.15, 0.2) is 11.5 Å². The molecule has 1 heterocycles. The first-order valence-corrected chi connectivity index (χ1v) is 5.46. The molecule has 2 rings (SSSR count). The second kappa shape index (κ2) is 5.03. The number of carboxylic acid groups (broad SMARTS) is 1. The number of halogens is 1. The van der Waals surface area contributed by atoms with Crippen molar-refractivity contribution in [2.75, 3.05) is 13.2 Å². The number of aliphatic carboxylic acids is 1. The normalized spacial score (nSPS) is 14.2. The van der Waals surface area contributed by atoms with E-state index in [0.29, 0.717) is 30.3 Å². The summed E-state index contributed by atoms with van der Waals surface area (Å²) in [6.45, 7) is 1.03. The van der Waals surface area contributed by atoms with Crippen molar-refractivity contribution in [3.63, 3.8) is 0 Å². The van der Waals surface area contributed by atoms with Gasteiger partial charge < -0.3 is 14.6 Å². The van der Waals surface area contributed by atoms with Crippen molar-refractivity contribution in [3.05, 3.63) is 23.5 Å². The fourth-order valence-corrected chi connectivity index (χ4v) is 1.66. The van der Waals surface area contributed by atoms with Crippen LogP contribution in [0.25, 0.3) is 0 Å². The van der Waals surface area contributed by atoms with E-state index in [1.807, 2.05) is 0 Å². The molecular weight excluding hydrogens is 227 g/mol. The van der Waals surface area contributed by atoms with E-state index in [0.717, 1.165) is 6.42 Å². The molecule has 1 aromatic rings. The standard InChI is InChI=1S/C12H13FO4/c13-9-7-11-10(16-4-1-5-17-11)6-8(9)2-3-12(14)15/h6-7H,1-5H2,(H,14,15). The van der Waals surface area contributed by atoms with Crippen LogP contribution in [0, 0.1) is 5.82 Å². The van der Waals surface area contributed by atoms with Gasteiger partial charge in [-0.2, -0.15) is 0 Å². The minimum atomic E-state index is -0.948. The Labute approximate surface area is 98.0 Å². The molecule has 0 amide bonds. The molecule has 0 aliphatic carbocycles. The van der Waals surface area contributed by atoms with E-state index < -0.39 is 11.8 Å². The molecule has 0 radical (unpaired) electrons. The molecule has 0 bridgehead atoms. The first-order valence-electron chi connectivity index (χ1n) is 5.46. The van der Waals surface area contributed by atoms with Crippen molar-refractivity contribution in [2.45, 2.75) is 19.3 Å². The third kappa shape index (κ3) is 2.87. The van der Waals surface area contributed by atoms with Gasteiger partial charge in [-0.05, 0) is 18.1 Å². The highest BCUT2D eigenvalue weighted by molar-refractivity contribution is 5.67. The monoisotopic (exact) mass is 240 g/mol. The Kier molecular flexibility index (Phi) is 3.46. The van der Waals surface area contributed by atoms with E-state index in [-0.39, 0.29) is 12.8 Å². The van der Waals surface area contributed by atoms with Crippen LogP contribution < -0.4 is 9.47 Å². The summed E-state index contributed by atoms with van der Waals surface area (Å²) >= 11 is 0. The Morgan fingerprint density at radius 1 is 1.29 bits per heavy atom. The van der Waals surface area contributed by atoms with Crippen LogP contribution in [0.5, 0.6) is 11.5 Å². The van der Waals surface area contributed by atoms with E-state index in [1.165, 1.54) is 12.1 Å². The molecule has 92 valence electrons. The van der Waals surface area contributed by atoms with Crippen molar-refractivity contribution >= 4 is 5.97 Å². The maximum atomic E-state index is 13.6. The van der Waals surface area contributed by atoms with E-state index >= 15 is 0 Å². The summed E-state index contributed by atoms with van der Waals surface area (Å²) in [7, 11) is 0. The Morgan fingerprint density at radius 2 is 1.94 bits per heavy atom. The highest BCUT2D eigenvalue weighted by Gasteiger charge is 2.15. The highest BCUT2D eigenvalue weighted by atomic mass is 19.1. The van der Waals surface area contributed by atoms with Crippen LogP contribution in [-0.4, -0.2) is 24.3 Å². The van der Waals surface area contributed by atoms with Crippen LogP contribution in [0.3, 0.4) is 0 Å². The van der Waals surface area contributed by atoms with Gasteiger partial charge >= 0.3 is 5.97 Å². The zero-order valence-electron chi connectivity index (χ0n) is 9.24. The lowest BCUT2D eigenvalue weighted by molar-refractivity contribution is -0.136. The summed E-state index contributed by atoms with van der Waals surface area (Å²) in [6.07, 6.45) is 0.801. The number of rotatable bonds is 3. The number of fused-ring (bicyclic) bond motifs is 1. The fraction of sp³-hybridized carbons (Fsp3) is 0.417. The lowest BCUT2D eigenvalue weighted by Gasteiger charge is -2.10. The fourth-order valence-electron chi connectivity index (χ4n) is 1.66. The van der Waals surface area contributed by atoms with Crippen LogP contribution in [0.15, 0.2) is 12.1 Å². The summed E-state index contributed by atoms with van der Waals surface area (Å²) in [5.41, 5.74) is 0.344. The lowest BCUT2D eigenvalue weighted by atomic mass is 10.1. The number of aryl methyl sites for hydroxylation is 1. The van der Waals surface area contributed by atoms with Gasteiger partial charge in [-0.3, -0.25) is 4.79 Å². The van der Waals surface area contributed by atoms with Gasteiger partial charge in [-0.25, -0.2) is 4.39 Å². The molecule has 0 aromatic heterocycles. The van der Waals surface area contributed by atoms with Gasteiger partial charge in [0, 0.05) is 18.9 Å². The first kappa shape index (κ1) is 11.7. The number of hydrogen-bond donors (Lipinski definition) is 1. The molecule has 1 aliphatic rings. The highest BCUT2D eigenvalue weighted by Crippen LogP contribution is 2.32. The smallest absolute Gasteiger partial charge is 0.303 e. The second-order valence-electron chi connectivity index (χ2n) is 3.83. The van der Waals surface area contributed by atoms with Gasteiger partial charge in [-0.15, -0.1) is 0 Å². The third-order valence-corrected chi connectivity index (χ3v) is 2.52. The maximum Gasteiger partial charge on any atom is 0.303 e. The largest absolute Gasteiger partial charge is 0.490 e. The van der Waals surface area contributed by atoms with Crippen LogP contribution in [-0.2, 0) is 11.2 Å². The van der Waals surface area contributed by atoms with E-state index in [4.69, 9.17) is 14.6 Å². The molecule has 1 aliphatic heterocycles. The van der Waals surface area contributed by atoms with Gasteiger partial charge in [0.2, 0.25) is 0 Å². The molecule has 0 atom stereocenters. The van der Waals surface area contributed by atoms with Crippen molar-refractivity contribution in [3.8, 4) is 11.5 Å². The zero-order chi connectivity index (χ0) is 12.3. The molecule has 4 nitrogen and oxygen atoms in total. The van der Waals surface area contributed by atoms with Crippen LogP contribution in [0.4, 0.5) is 4.39 Å². The summed E-state index contributed by atoms with van der Waals surface area (Å²) in [5, 5.41) is 8.57. The van der Waals surface area contributed by atoms with E-state index in [2.05, 4.69) is 0 Å². The van der Waals surface area contributed by atoms with Crippen LogP contribution in [0.2, 0.25) is 0 Å². The summed E-state index contributed by atoms with van der Waals surface area (Å²) in [4.78, 5) is 10.4. The molecule has 1 aromatic carbocycles. The number of carboxylic acids is 1. The van der Waals surface area contributed by atoms with Crippen molar-refractivity contribution < 1.29 is 23.8 Å². The third-order valence-electron chi connectivity index (χ3n) is 2.52. The SMILES string of the molecule is O=C(O)CCc1cc2c(cc1F)OCCCO2. The van der Waals surface area contributed by atoms with Gasteiger partial charge in [0.25, 0.3) is 0 Å². The Bertz CT molecular complexity index is 431. The van der Waals surface area contributed by atoms with Gasteiger partial charge in [0.05, 0.1) is 13.2 Å². The zero-order valence-corrected chi connectivity index (χ0v) is 9.24. The number of carbonyl (C=O) groups is 1. The van der Waals surface area contributed by atoms with Crippen molar-refractivity contribution in [1.29, 1.82) is 0 Å². The lowest BCUT2D eigenvalue weighted by Crippen LogP contribution is -2.01. The topological polar surface area (TPSA) is 55.8 Å². The average molecular weight is 240 g/mol. The number of hydrogen-bond acceptors (Lipinski definition) is 3. The van der Waals surface area contributed by atoms with Crippen molar-refractivity contribution in [2.24, 2.45) is 0 Å². The molecule has 1 N–H and O–H groups in total. The van der Waals surface area contributed by atoms with Gasteiger partial charge in [-0.1, -0.05) is 0 Å². The predicted molar refractivity (Wildman–Crippen MR) is 58.0 cm³/mol. The first-order chi connectivity index (χ1) is 8.16. The van der Waals surface area contributed by atoms with Crippen LogP contribution >= 0.6 is 0 Å². The predicted octanol–water partition coefficient (Wildman–Crippen LogP) is 2.00. The average Bonchev–Trinajstić information content (AvgIpc) is 2.50. The van der Waals surface area contributed by atoms with Crippen molar-refractivity contribution in [1.82, 2.24) is 0 Å². The molecule has 0 saturated heterocycles. The molecular formula is C12H13FO4. The maximum absolute atomic E-state index is 13.6.